The highest BCUT2D eigenvalue weighted by Gasteiger charge is 2.16. The maximum absolute atomic E-state index is 6.13. The van der Waals surface area contributed by atoms with E-state index in [1.54, 1.807) is 0 Å². The molecule has 94 valence electrons. The molecule has 2 rings (SSSR count). The summed E-state index contributed by atoms with van der Waals surface area (Å²) in [6.45, 7) is 6.29. The number of benzene rings is 2. The summed E-state index contributed by atoms with van der Waals surface area (Å²) in [5.74, 6) is 0. The number of aryl methyl sites for hydroxylation is 1. The number of hydrogen-bond acceptors (Lipinski definition) is 1. The SMILES string of the molecule is Cc1ccc(P(OC(C)C)c2ccccc2)cc1. The van der Waals surface area contributed by atoms with Crippen LogP contribution in [0.4, 0.5) is 0 Å². The van der Waals surface area contributed by atoms with Gasteiger partial charge < -0.3 is 4.52 Å². The molecule has 0 bridgehead atoms. The van der Waals surface area contributed by atoms with Gasteiger partial charge in [0.25, 0.3) is 0 Å². The van der Waals surface area contributed by atoms with Gasteiger partial charge in [-0.3, -0.25) is 0 Å². The van der Waals surface area contributed by atoms with E-state index < -0.39 is 8.15 Å². The van der Waals surface area contributed by atoms with Gasteiger partial charge in [-0.05, 0) is 20.8 Å². The van der Waals surface area contributed by atoms with Crippen LogP contribution in [0, 0.1) is 6.92 Å². The molecule has 0 N–H and O–H groups in total. The van der Waals surface area contributed by atoms with Crippen molar-refractivity contribution in [2.75, 3.05) is 0 Å². The van der Waals surface area contributed by atoms with Crippen LogP contribution in [0.15, 0.2) is 54.6 Å². The quantitative estimate of drug-likeness (QED) is 0.759. The Morgan fingerprint density at radius 1 is 0.833 bits per heavy atom. The predicted molar refractivity (Wildman–Crippen MR) is 80.0 cm³/mol. The molecule has 0 saturated heterocycles. The first-order valence-corrected chi connectivity index (χ1v) is 7.51. The lowest BCUT2D eigenvalue weighted by atomic mass is 10.2. The maximum Gasteiger partial charge on any atom is 0.0921 e. The molecule has 1 unspecified atom stereocenters. The molecule has 0 aliphatic carbocycles. The van der Waals surface area contributed by atoms with Gasteiger partial charge in [-0.1, -0.05) is 60.2 Å². The summed E-state index contributed by atoms with van der Waals surface area (Å²) < 4.78 is 6.13. The first kappa shape index (κ1) is 13.3. The van der Waals surface area contributed by atoms with Gasteiger partial charge in [0.2, 0.25) is 0 Å². The Hall–Kier alpha value is -1.17. The minimum absolute atomic E-state index is 0.234. The molecule has 18 heavy (non-hydrogen) atoms. The lowest BCUT2D eigenvalue weighted by Crippen LogP contribution is -2.16. The maximum atomic E-state index is 6.13. The van der Waals surface area contributed by atoms with Crippen molar-refractivity contribution in [1.82, 2.24) is 0 Å². The van der Waals surface area contributed by atoms with Crippen molar-refractivity contribution in [3.8, 4) is 0 Å². The molecule has 0 fully saturated rings. The molecule has 0 spiro atoms. The van der Waals surface area contributed by atoms with Crippen molar-refractivity contribution in [1.29, 1.82) is 0 Å². The first-order valence-electron chi connectivity index (χ1n) is 6.25. The Labute approximate surface area is 111 Å². The Morgan fingerprint density at radius 2 is 1.39 bits per heavy atom. The summed E-state index contributed by atoms with van der Waals surface area (Å²) >= 11 is 0. The van der Waals surface area contributed by atoms with E-state index in [-0.39, 0.29) is 6.10 Å². The van der Waals surface area contributed by atoms with Gasteiger partial charge in [-0.15, -0.1) is 0 Å². The van der Waals surface area contributed by atoms with Crippen LogP contribution in [0.2, 0.25) is 0 Å². The van der Waals surface area contributed by atoms with E-state index in [0.29, 0.717) is 0 Å². The third-order valence-corrected chi connectivity index (χ3v) is 4.74. The zero-order valence-electron chi connectivity index (χ0n) is 11.1. The molecular formula is C16H19OP. The van der Waals surface area contributed by atoms with E-state index in [1.165, 1.54) is 16.2 Å². The van der Waals surface area contributed by atoms with E-state index in [1.807, 2.05) is 6.07 Å². The van der Waals surface area contributed by atoms with Gasteiger partial charge in [-0.2, -0.15) is 0 Å². The van der Waals surface area contributed by atoms with E-state index in [4.69, 9.17) is 4.52 Å². The van der Waals surface area contributed by atoms with E-state index in [2.05, 4.69) is 69.3 Å². The van der Waals surface area contributed by atoms with Crippen LogP contribution in [0.5, 0.6) is 0 Å². The van der Waals surface area contributed by atoms with Crippen LogP contribution < -0.4 is 10.6 Å². The van der Waals surface area contributed by atoms with E-state index in [0.717, 1.165) is 0 Å². The van der Waals surface area contributed by atoms with Crippen LogP contribution in [-0.2, 0) is 4.52 Å². The molecule has 2 heteroatoms. The first-order chi connectivity index (χ1) is 8.66. The molecule has 0 aromatic heterocycles. The molecule has 1 atom stereocenters. The Bertz CT molecular complexity index is 476. The fourth-order valence-electron chi connectivity index (χ4n) is 1.73. The minimum Gasteiger partial charge on any atom is -0.347 e. The summed E-state index contributed by atoms with van der Waals surface area (Å²) in [7, 11) is -0.703. The highest BCUT2D eigenvalue weighted by Crippen LogP contribution is 2.36. The van der Waals surface area contributed by atoms with Crippen molar-refractivity contribution in [2.45, 2.75) is 26.9 Å². The highest BCUT2D eigenvalue weighted by atomic mass is 31.1. The molecule has 0 aliphatic rings. The highest BCUT2D eigenvalue weighted by molar-refractivity contribution is 7.68. The molecule has 0 aliphatic heterocycles. The van der Waals surface area contributed by atoms with Gasteiger partial charge in [0.15, 0.2) is 0 Å². The molecule has 0 amide bonds. The van der Waals surface area contributed by atoms with Crippen LogP contribution >= 0.6 is 8.15 Å². The van der Waals surface area contributed by atoms with Crippen LogP contribution in [0.1, 0.15) is 19.4 Å². The fourth-order valence-corrected chi connectivity index (χ4v) is 3.55. The zero-order chi connectivity index (χ0) is 13.0. The number of rotatable bonds is 4. The Kier molecular flexibility index (Phi) is 4.52. The van der Waals surface area contributed by atoms with Crippen molar-refractivity contribution in [2.24, 2.45) is 0 Å². The average molecular weight is 258 g/mol. The summed E-state index contributed by atoms with van der Waals surface area (Å²) in [5.41, 5.74) is 1.28. The van der Waals surface area contributed by atoms with Gasteiger partial charge in [-0.25, -0.2) is 0 Å². The number of hydrogen-bond donors (Lipinski definition) is 0. The van der Waals surface area contributed by atoms with Crippen LogP contribution in [0.25, 0.3) is 0 Å². The van der Waals surface area contributed by atoms with Gasteiger partial charge >= 0.3 is 0 Å². The standard InChI is InChI=1S/C16H19OP/c1-13(2)17-18(15-7-5-4-6-8-15)16-11-9-14(3)10-12-16/h4-13H,1-3H3. The lowest BCUT2D eigenvalue weighted by molar-refractivity contribution is 0.278. The minimum atomic E-state index is -0.703. The molecule has 0 radical (unpaired) electrons. The Balaban J connectivity index is 2.33. The molecule has 2 aromatic rings. The fraction of sp³-hybridized carbons (Fsp3) is 0.250. The second-order valence-electron chi connectivity index (χ2n) is 4.62. The van der Waals surface area contributed by atoms with Crippen molar-refractivity contribution in [3.05, 3.63) is 60.2 Å². The third kappa shape index (κ3) is 3.41. The summed E-state index contributed by atoms with van der Waals surface area (Å²) in [5, 5.41) is 2.54. The van der Waals surface area contributed by atoms with E-state index in [9.17, 15) is 0 Å². The summed E-state index contributed by atoms with van der Waals surface area (Å²) in [6.07, 6.45) is 0.234. The largest absolute Gasteiger partial charge is 0.347 e. The summed E-state index contributed by atoms with van der Waals surface area (Å²) in [6, 6.07) is 19.1. The van der Waals surface area contributed by atoms with Crippen molar-refractivity contribution >= 4 is 18.8 Å². The van der Waals surface area contributed by atoms with Crippen molar-refractivity contribution in [3.63, 3.8) is 0 Å². The molecule has 0 heterocycles. The van der Waals surface area contributed by atoms with Gasteiger partial charge in [0.1, 0.15) is 0 Å². The monoisotopic (exact) mass is 258 g/mol. The van der Waals surface area contributed by atoms with Crippen molar-refractivity contribution < 1.29 is 4.52 Å². The molecule has 0 saturated carbocycles. The zero-order valence-corrected chi connectivity index (χ0v) is 12.0. The average Bonchev–Trinajstić information content (AvgIpc) is 2.38. The third-order valence-electron chi connectivity index (χ3n) is 2.58. The summed E-state index contributed by atoms with van der Waals surface area (Å²) in [4.78, 5) is 0. The van der Waals surface area contributed by atoms with E-state index >= 15 is 0 Å². The van der Waals surface area contributed by atoms with Crippen LogP contribution in [-0.4, -0.2) is 6.10 Å². The van der Waals surface area contributed by atoms with Gasteiger partial charge in [0.05, 0.1) is 14.3 Å². The Morgan fingerprint density at radius 3 is 1.94 bits per heavy atom. The smallest absolute Gasteiger partial charge is 0.0921 e. The second-order valence-corrected chi connectivity index (χ2v) is 6.45. The molecule has 2 aromatic carbocycles. The van der Waals surface area contributed by atoms with Crippen LogP contribution in [0.3, 0.4) is 0 Å². The topological polar surface area (TPSA) is 9.23 Å². The molecular weight excluding hydrogens is 239 g/mol. The molecule has 1 nitrogen and oxygen atoms in total. The lowest BCUT2D eigenvalue weighted by Gasteiger charge is -2.21. The predicted octanol–water partition coefficient (Wildman–Crippen LogP) is 3.77. The second kappa shape index (κ2) is 6.13. The van der Waals surface area contributed by atoms with Gasteiger partial charge in [0, 0.05) is 10.6 Å². The normalized spacial score (nSPS) is 12.7.